The van der Waals surface area contributed by atoms with Crippen LogP contribution in [0.25, 0.3) is 0 Å². The molecule has 4 heteroatoms. The van der Waals surface area contributed by atoms with Gasteiger partial charge in [-0.3, -0.25) is 4.79 Å². The van der Waals surface area contributed by atoms with Gasteiger partial charge in [0.05, 0.1) is 0 Å². The minimum atomic E-state index is -0.0387. The Balaban J connectivity index is 1.87. The van der Waals surface area contributed by atoms with E-state index in [1.54, 1.807) is 11.9 Å². The number of ether oxygens (including phenoxy) is 1. The van der Waals surface area contributed by atoms with E-state index >= 15 is 0 Å². The fourth-order valence-corrected chi connectivity index (χ4v) is 2.22. The molecule has 2 rings (SSSR count). The zero-order chi connectivity index (χ0) is 16.8. The standard InChI is InChI=1S/C19H24N2O2/c1-15-6-5-7-18(12-15)23-14-19(22)21(4)13-16-8-10-17(11-9-16)20(2)3/h5-12H,13-14H2,1-4H3. The Morgan fingerprint density at radius 2 is 1.74 bits per heavy atom. The average Bonchev–Trinajstić information content (AvgIpc) is 2.53. The maximum atomic E-state index is 12.2. The highest BCUT2D eigenvalue weighted by Crippen LogP contribution is 2.14. The number of aryl methyl sites for hydroxylation is 1. The summed E-state index contributed by atoms with van der Waals surface area (Å²) in [5.74, 6) is 0.685. The van der Waals surface area contributed by atoms with E-state index in [9.17, 15) is 4.79 Å². The third-order valence-corrected chi connectivity index (χ3v) is 3.65. The molecule has 0 aliphatic rings. The van der Waals surface area contributed by atoms with Crippen molar-refractivity contribution in [2.45, 2.75) is 13.5 Å². The Morgan fingerprint density at radius 1 is 1.04 bits per heavy atom. The van der Waals surface area contributed by atoms with Gasteiger partial charge in [0, 0.05) is 33.4 Å². The first-order valence-corrected chi connectivity index (χ1v) is 7.65. The summed E-state index contributed by atoms with van der Waals surface area (Å²) in [6, 6.07) is 15.9. The van der Waals surface area contributed by atoms with Crippen molar-refractivity contribution in [2.24, 2.45) is 0 Å². The van der Waals surface area contributed by atoms with Crippen LogP contribution in [0.3, 0.4) is 0 Å². The van der Waals surface area contributed by atoms with Gasteiger partial charge in [-0.15, -0.1) is 0 Å². The molecule has 2 aromatic carbocycles. The Bertz CT molecular complexity index is 651. The molecule has 0 saturated carbocycles. The van der Waals surface area contributed by atoms with Gasteiger partial charge in [-0.25, -0.2) is 0 Å². The van der Waals surface area contributed by atoms with Gasteiger partial charge in [-0.2, -0.15) is 0 Å². The van der Waals surface area contributed by atoms with Crippen molar-refractivity contribution in [1.82, 2.24) is 4.90 Å². The van der Waals surface area contributed by atoms with E-state index in [4.69, 9.17) is 4.74 Å². The van der Waals surface area contributed by atoms with Crippen molar-refractivity contribution >= 4 is 11.6 Å². The Kier molecular flexibility index (Phi) is 5.63. The topological polar surface area (TPSA) is 32.8 Å². The highest BCUT2D eigenvalue weighted by atomic mass is 16.5. The predicted molar refractivity (Wildman–Crippen MR) is 93.9 cm³/mol. The number of carbonyl (C=O) groups is 1. The molecule has 2 aromatic rings. The van der Waals surface area contributed by atoms with Crippen molar-refractivity contribution in [3.05, 3.63) is 59.7 Å². The summed E-state index contributed by atoms with van der Waals surface area (Å²) in [6.45, 7) is 2.62. The largest absolute Gasteiger partial charge is 0.484 e. The summed E-state index contributed by atoms with van der Waals surface area (Å²) in [7, 11) is 5.81. The van der Waals surface area contributed by atoms with Crippen LogP contribution in [0.1, 0.15) is 11.1 Å². The lowest BCUT2D eigenvalue weighted by atomic mass is 10.2. The van der Waals surface area contributed by atoms with E-state index in [0.717, 1.165) is 22.6 Å². The van der Waals surface area contributed by atoms with Crippen LogP contribution in [0.2, 0.25) is 0 Å². The molecule has 0 heterocycles. The second-order valence-electron chi connectivity index (χ2n) is 5.92. The summed E-state index contributed by atoms with van der Waals surface area (Å²) < 4.78 is 5.56. The van der Waals surface area contributed by atoms with Gasteiger partial charge in [-0.1, -0.05) is 24.3 Å². The van der Waals surface area contributed by atoms with E-state index in [1.807, 2.05) is 62.3 Å². The van der Waals surface area contributed by atoms with E-state index in [-0.39, 0.29) is 12.5 Å². The molecule has 0 aromatic heterocycles. The van der Waals surface area contributed by atoms with Crippen LogP contribution in [0.15, 0.2) is 48.5 Å². The second-order valence-corrected chi connectivity index (χ2v) is 5.92. The number of amides is 1. The number of anilines is 1. The molecular formula is C19H24N2O2. The molecule has 0 fully saturated rings. The van der Waals surface area contributed by atoms with Crippen LogP contribution in [0.5, 0.6) is 5.75 Å². The molecule has 0 saturated heterocycles. The number of nitrogens with zero attached hydrogens (tertiary/aromatic N) is 2. The molecule has 0 atom stereocenters. The summed E-state index contributed by atoms with van der Waals surface area (Å²) in [5.41, 5.74) is 3.36. The smallest absolute Gasteiger partial charge is 0.260 e. The molecule has 0 N–H and O–H groups in total. The van der Waals surface area contributed by atoms with Gasteiger partial charge in [-0.05, 0) is 42.3 Å². The molecule has 4 nitrogen and oxygen atoms in total. The van der Waals surface area contributed by atoms with Crippen LogP contribution in [-0.2, 0) is 11.3 Å². The number of hydrogen-bond donors (Lipinski definition) is 0. The van der Waals surface area contributed by atoms with E-state index < -0.39 is 0 Å². The monoisotopic (exact) mass is 312 g/mol. The molecule has 0 aliphatic heterocycles. The van der Waals surface area contributed by atoms with Gasteiger partial charge in [0.2, 0.25) is 0 Å². The molecule has 0 unspecified atom stereocenters. The fraction of sp³-hybridized carbons (Fsp3) is 0.316. The van der Waals surface area contributed by atoms with E-state index in [1.165, 1.54) is 0 Å². The van der Waals surface area contributed by atoms with Gasteiger partial charge in [0.1, 0.15) is 5.75 Å². The fourth-order valence-electron chi connectivity index (χ4n) is 2.22. The zero-order valence-corrected chi connectivity index (χ0v) is 14.2. The molecule has 0 radical (unpaired) electrons. The first kappa shape index (κ1) is 16.9. The van der Waals surface area contributed by atoms with Crippen molar-refractivity contribution < 1.29 is 9.53 Å². The van der Waals surface area contributed by atoms with Gasteiger partial charge < -0.3 is 14.5 Å². The minimum Gasteiger partial charge on any atom is -0.484 e. The predicted octanol–water partition coefficient (Wildman–Crippen LogP) is 3.10. The maximum absolute atomic E-state index is 12.2. The van der Waals surface area contributed by atoms with Gasteiger partial charge >= 0.3 is 0 Å². The third-order valence-electron chi connectivity index (χ3n) is 3.65. The number of rotatable bonds is 6. The second kappa shape index (κ2) is 7.68. The van der Waals surface area contributed by atoms with Crippen molar-refractivity contribution in [1.29, 1.82) is 0 Å². The van der Waals surface area contributed by atoms with Crippen LogP contribution in [0.4, 0.5) is 5.69 Å². The van der Waals surface area contributed by atoms with Crippen LogP contribution < -0.4 is 9.64 Å². The highest BCUT2D eigenvalue weighted by molar-refractivity contribution is 5.77. The summed E-state index contributed by atoms with van der Waals surface area (Å²) in [5, 5.41) is 0. The van der Waals surface area contributed by atoms with Crippen LogP contribution in [0, 0.1) is 6.92 Å². The first-order valence-electron chi connectivity index (χ1n) is 7.65. The Morgan fingerprint density at radius 3 is 2.35 bits per heavy atom. The van der Waals surface area contributed by atoms with Crippen LogP contribution in [-0.4, -0.2) is 38.6 Å². The quantitative estimate of drug-likeness (QED) is 0.822. The summed E-state index contributed by atoms with van der Waals surface area (Å²) >= 11 is 0. The van der Waals surface area contributed by atoms with E-state index in [2.05, 4.69) is 12.1 Å². The zero-order valence-electron chi connectivity index (χ0n) is 14.2. The lowest BCUT2D eigenvalue weighted by Crippen LogP contribution is -2.30. The summed E-state index contributed by atoms with van der Waals surface area (Å²) in [6.07, 6.45) is 0. The molecule has 23 heavy (non-hydrogen) atoms. The number of likely N-dealkylation sites (N-methyl/N-ethyl adjacent to an activating group) is 1. The molecule has 0 spiro atoms. The Hall–Kier alpha value is -2.49. The summed E-state index contributed by atoms with van der Waals surface area (Å²) in [4.78, 5) is 15.9. The maximum Gasteiger partial charge on any atom is 0.260 e. The highest BCUT2D eigenvalue weighted by Gasteiger charge is 2.10. The number of hydrogen-bond acceptors (Lipinski definition) is 3. The average molecular weight is 312 g/mol. The van der Waals surface area contributed by atoms with Gasteiger partial charge in [0.15, 0.2) is 6.61 Å². The lowest BCUT2D eigenvalue weighted by Gasteiger charge is -2.18. The van der Waals surface area contributed by atoms with Crippen molar-refractivity contribution in [3.8, 4) is 5.75 Å². The van der Waals surface area contributed by atoms with Gasteiger partial charge in [0.25, 0.3) is 5.91 Å². The third kappa shape index (κ3) is 5.02. The number of benzene rings is 2. The lowest BCUT2D eigenvalue weighted by molar-refractivity contribution is -0.132. The van der Waals surface area contributed by atoms with Crippen molar-refractivity contribution in [2.75, 3.05) is 32.6 Å². The normalized spacial score (nSPS) is 10.3. The van der Waals surface area contributed by atoms with E-state index in [0.29, 0.717) is 6.54 Å². The Labute approximate surface area is 138 Å². The minimum absolute atomic E-state index is 0.0387. The molecule has 122 valence electrons. The molecule has 0 bridgehead atoms. The molecular weight excluding hydrogens is 288 g/mol. The van der Waals surface area contributed by atoms with Crippen LogP contribution >= 0.6 is 0 Å². The number of carbonyl (C=O) groups excluding carboxylic acids is 1. The molecule has 1 amide bonds. The first-order chi connectivity index (χ1) is 11.0. The SMILES string of the molecule is Cc1cccc(OCC(=O)N(C)Cc2ccc(N(C)C)cc2)c1. The van der Waals surface area contributed by atoms with Crippen molar-refractivity contribution in [3.63, 3.8) is 0 Å². The molecule has 0 aliphatic carbocycles.